The van der Waals surface area contributed by atoms with E-state index in [0.717, 1.165) is 38.6 Å². The predicted octanol–water partition coefficient (Wildman–Crippen LogP) is 2.47. The summed E-state index contributed by atoms with van der Waals surface area (Å²) in [7, 11) is 0. The van der Waals surface area contributed by atoms with Gasteiger partial charge < -0.3 is 4.90 Å². The molecule has 1 saturated carbocycles. The van der Waals surface area contributed by atoms with Crippen LogP contribution in [0.25, 0.3) is 0 Å². The molecule has 2 aliphatic heterocycles. The van der Waals surface area contributed by atoms with E-state index in [1.54, 1.807) is 0 Å². The highest BCUT2D eigenvalue weighted by Crippen LogP contribution is 2.51. The molecular weight excluding hydrogens is 277 g/mol. The van der Waals surface area contributed by atoms with Crippen molar-refractivity contribution in [2.24, 2.45) is 11.3 Å². The molecule has 0 bridgehead atoms. The third-order valence-corrected chi connectivity index (χ3v) is 5.79. The summed E-state index contributed by atoms with van der Waals surface area (Å²) in [5, 5.41) is 0. The van der Waals surface area contributed by atoms with Crippen LogP contribution in [0.1, 0.15) is 40.0 Å². The summed E-state index contributed by atoms with van der Waals surface area (Å²) < 4.78 is 14.6. The van der Waals surface area contributed by atoms with Crippen molar-refractivity contribution in [1.82, 2.24) is 14.7 Å². The minimum atomic E-state index is -0.937. The van der Waals surface area contributed by atoms with Gasteiger partial charge in [0.15, 0.2) is 0 Å². The summed E-state index contributed by atoms with van der Waals surface area (Å²) in [4.78, 5) is 7.18. The standard InChI is InChI=1S/C18H34FN3/c1-4-20-13-18(19,14-20)15-22-9-7-21(8-10-22)12-17(5-6-17)11-16(2)3/h16H,4-15H2,1-3H3. The molecule has 0 N–H and O–H groups in total. The number of nitrogens with zero attached hydrogens (tertiary/aromatic N) is 3. The topological polar surface area (TPSA) is 9.72 Å². The van der Waals surface area contributed by atoms with Gasteiger partial charge in [0.1, 0.15) is 5.67 Å². The SMILES string of the molecule is CCN1CC(F)(CN2CCN(CC3(CC(C)C)CC3)CC2)C1. The average molecular weight is 311 g/mol. The molecule has 3 aliphatic rings. The van der Waals surface area contributed by atoms with Crippen molar-refractivity contribution in [1.29, 1.82) is 0 Å². The van der Waals surface area contributed by atoms with Crippen LogP contribution in [0.3, 0.4) is 0 Å². The van der Waals surface area contributed by atoms with E-state index in [1.165, 1.54) is 25.8 Å². The van der Waals surface area contributed by atoms with Crippen molar-refractivity contribution in [2.75, 3.05) is 58.9 Å². The third kappa shape index (κ3) is 4.01. The molecule has 0 radical (unpaired) electrons. The fourth-order valence-electron chi connectivity index (χ4n) is 4.53. The van der Waals surface area contributed by atoms with Crippen molar-refractivity contribution in [3.8, 4) is 0 Å². The van der Waals surface area contributed by atoms with Gasteiger partial charge in [-0.25, -0.2) is 4.39 Å². The van der Waals surface area contributed by atoms with Gasteiger partial charge in [-0.3, -0.25) is 9.80 Å². The lowest BCUT2D eigenvalue weighted by Gasteiger charge is -2.47. The van der Waals surface area contributed by atoms with E-state index in [-0.39, 0.29) is 0 Å². The second kappa shape index (κ2) is 6.37. The largest absolute Gasteiger partial charge is 0.300 e. The van der Waals surface area contributed by atoms with E-state index in [4.69, 9.17) is 0 Å². The van der Waals surface area contributed by atoms with Gasteiger partial charge in [-0.2, -0.15) is 0 Å². The smallest absolute Gasteiger partial charge is 0.148 e. The predicted molar refractivity (Wildman–Crippen MR) is 90.0 cm³/mol. The monoisotopic (exact) mass is 311 g/mol. The molecule has 2 saturated heterocycles. The number of rotatable bonds is 7. The average Bonchev–Trinajstić information content (AvgIpc) is 3.16. The summed E-state index contributed by atoms with van der Waals surface area (Å²) in [6, 6.07) is 0. The van der Waals surface area contributed by atoms with Crippen molar-refractivity contribution < 1.29 is 4.39 Å². The second-order valence-electron chi connectivity index (χ2n) is 8.60. The Labute approximate surface area is 135 Å². The van der Waals surface area contributed by atoms with Crippen molar-refractivity contribution >= 4 is 0 Å². The third-order valence-electron chi connectivity index (χ3n) is 5.79. The van der Waals surface area contributed by atoms with Crippen molar-refractivity contribution in [3.05, 3.63) is 0 Å². The van der Waals surface area contributed by atoms with E-state index >= 15 is 0 Å². The van der Waals surface area contributed by atoms with Crippen LogP contribution in [-0.2, 0) is 0 Å². The Morgan fingerprint density at radius 3 is 1.91 bits per heavy atom. The Morgan fingerprint density at radius 2 is 1.45 bits per heavy atom. The molecule has 0 atom stereocenters. The highest BCUT2D eigenvalue weighted by atomic mass is 19.1. The molecule has 0 spiro atoms. The van der Waals surface area contributed by atoms with E-state index in [9.17, 15) is 4.39 Å². The quantitative estimate of drug-likeness (QED) is 0.715. The summed E-state index contributed by atoms with van der Waals surface area (Å²) >= 11 is 0. The van der Waals surface area contributed by atoms with Gasteiger partial charge in [-0.1, -0.05) is 20.8 Å². The maximum Gasteiger partial charge on any atom is 0.148 e. The molecule has 0 aromatic rings. The number of alkyl halides is 1. The van der Waals surface area contributed by atoms with Crippen LogP contribution in [0, 0.1) is 11.3 Å². The van der Waals surface area contributed by atoms with Crippen molar-refractivity contribution in [2.45, 2.75) is 45.7 Å². The molecule has 22 heavy (non-hydrogen) atoms. The molecule has 3 nitrogen and oxygen atoms in total. The van der Waals surface area contributed by atoms with Gasteiger partial charge in [-0.05, 0) is 37.1 Å². The maximum absolute atomic E-state index is 14.6. The van der Waals surface area contributed by atoms with E-state index in [2.05, 4.69) is 35.5 Å². The van der Waals surface area contributed by atoms with Gasteiger partial charge >= 0.3 is 0 Å². The first kappa shape index (κ1) is 16.7. The van der Waals surface area contributed by atoms with E-state index in [0.29, 0.717) is 25.0 Å². The normalized spacial score (nSPS) is 28.8. The zero-order chi connectivity index (χ0) is 15.8. The molecule has 0 aromatic heterocycles. The minimum Gasteiger partial charge on any atom is -0.300 e. The second-order valence-corrected chi connectivity index (χ2v) is 8.60. The number of hydrogen-bond acceptors (Lipinski definition) is 3. The molecule has 2 heterocycles. The van der Waals surface area contributed by atoms with Crippen molar-refractivity contribution in [3.63, 3.8) is 0 Å². The Kier molecular flexibility index (Phi) is 4.82. The molecule has 4 heteroatoms. The zero-order valence-electron chi connectivity index (χ0n) is 14.8. The van der Waals surface area contributed by atoms with Crippen LogP contribution in [0.4, 0.5) is 4.39 Å². The first-order valence-electron chi connectivity index (χ1n) is 9.28. The van der Waals surface area contributed by atoms with Gasteiger partial charge in [-0.15, -0.1) is 0 Å². The van der Waals surface area contributed by atoms with Gasteiger partial charge in [0.2, 0.25) is 0 Å². The summed E-state index contributed by atoms with van der Waals surface area (Å²) in [5.41, 5.74) is -0.305. The van der Waals surface area contributed by atoms with Crippen LogP contribution in [-0.4, -0.2) is 79.3 Å². The molecule has 1 aliphatic carbocycles. The Bertz CT molecular complexity index is 367. The fourth-order valence-corrected chi connectivity index (χ4v) is 4.53. The maximum atomic E-state index is 14.6. The van der Waals surface area contributed by atoms with Crippen LogP contribution in [0.5, 0.6) is 0 Å². The molecule has 3 fully saturated rings. The lowest BCUT2D eigenvalue weighted by Crippen LogP contribution is -2.64. The Morgan fingerprint density at radius 1 is 0.909 bits per heavy atom. The highest BCUT2D eigenvalue weighted by molar-refractivity contribution is 4.99. The first-order chi connectivity index (χ1) is 10.4. The molecular formula is C18H34FN3. The van der Waals surface area contributed by atoms with Gasteiger partial charge in [0.05, 0.1) is 0 Å². The van der Waals surface area contributed by atoms with Gasteiger partial charge in [0.25, 0.3) is 0 Å². The number of piperazine rings is 1. The lowest BCUT2D eigenvalue weighted by molar-refractivity contribution is -0.0579. The van der Waals surface area contributed by atoms with E-state index in [1.807, 2.05) is 0 Å². The molecule has 0 amide bonds. The molecule has 3 rings (SSSR count). The van der Waals surface area contributed by atoms with E-state index < -0.39 is 5.67 Å². The minimum absolute atomic E-state index is 0.632. The zero-order valence-corrected chi connectivity index (χ0v) is 14.8. The Balaban J connectivity index is 1.38. The molecule has 0 unspecified atom stereocenters. The number of likely N-dealkylation sites (tertiary alicyclic amines) is 1. The fraction of sp³-hybridized carbons (Fsp3) is 1.00. The Hall–Kier alpha value is -0.190. The van der Waals surface area contributed by atoms with Crippen LogP contribution < -0.4 is 0 Å². The molecule has 0 aromatic carbocycles. The first-order valence-corrected chi connectivity index (χ1v) is 9.28. The summed E-state index contributed by atoms with van der Waals surface area (Å²) in [5.74, 6) is 0.815. The highest BCUT2D eigenvalue weighted by Gasteiger charge is 2.46. The molecule has 128 valence electrons. The van der Waals surface area contributed by atoms with Crippen LogP contribution >= 0.6 is 0 Å². The summed E-state index contributed by atoms with van der Waals surface area (Å²) in [6.45, 7) is 15.4. The number of halogens is 1. The van der Waals surface area contributed by atoms with Crippen LogP contribution in [0.15, 0.2) is 0 Å². The summed E-state index contributed by atoms with van der Waals surface area (Å²) in [6.07, 6.45) is 4.23. The number of hydrogen-bond donors (Lipinski definition) is 0. The lowest BCUT2D eigenvalue weighted by atomic mass is 9.93. The van der Waals surface area contributed by atoms with Crippen LogP contribution in [0.2, 0.25) is 0 Å². The van der Waals surface area contributed by atoms with Gasteiger partial charge in [0, 0.05) is 52.4 Å².